The molecule has 0 aliphatic heterocycles. The molecule has 0 bridgehead atoms. The quantitative estimate of drug-likeness (QED) is 0.651. The second-order valence-corrected chi connectivity index (χ2v) is 3.61. The zero-order valence-corrected chi connectivity index (χ0v) is 9.10. The number of halogens is 1. The van der Waals surface area contributed by atoms with E-state index in [4.69, 9.17) is 5.73 Å². The average molecular weight is 242 g/mol. The Morgan fingerprint density at radius 1 is 1.54 bits per heavy atom. The Labute approximate surface area is 86.3 Å². The lowest BCUT2D eigenvalue weighted by atomic mass is 10.1. The summed E-state index contributed by atoms with van der Waals surface area (Å²) in [6, 6.07) is 5.74. The van der Waals surface area contributed by atoms with Gasteiger partial charge in [-0.3, -0.25) is 4.79 Å². The molecule has 1 rings (SSSR count). The molecule has 0 amide bonds. The van der Waals surface area contributed by atoms with Crippen molar-refractivity contribution in [2.75, 3.05) is 11.1 Å². The van der Waals surface area contributed by atoms with Crippen molar-refractivity contribution < 1.29 is 4.79 Å². The Hall–Kier alpha value is -0.830. The Morgan fingerprint density at radius 2 is 2.23 bits per heavy atom. The molecular formula is C10H12BrNO. The van der Waals surface area contributed by atoms with Crippen molar-refractivity contribution in [3.05, 3.63) is 29.3 Å². The topological polar surface area (TPSA) is 43.1 Å². The van der Waals surface area contributed by atoms with E-state index < -0.39 is 0 Å². The van der Waals surface area contributed by atoms with Crippen molar-refractivity contribution in [2.24, 2.45) is 0 Å². The van der Waals surface area contributed by atoms with Crippen LogP contribution in [0.15, 0.2) is 18.2 Å². The molecule has 0 saturated carbocycles. The van der Waals surface area contributed by atoms with Crippen LogP contribution in [0.5, 0.6) is 0 Å². The average Bonchev–Trinajstić information content (AvgIpc) is 2.11. The molecule has 0 radical (unpaired) electrons. The Balaban J connectivity index is 2.87. The SMILES string of the molecule is Cc1ccc(N)c(CC(=O)CBr)c1. The summed E-state index contributed by atoms with van der Waals surface area (Å²) < 4.78 is 0. The van der Waals surface area contributed by atoms with Gasteiger partial charge >= 0.3 is 0 Å². The summed E-state index contributed by atoms with van der Waals surface area (Å²) >= 11 is 3.12. The molecule has 13 heavy (non-hydrogen) atoms. The third-order valence-electron chi connectivity index (χ3n) is 1.84. The van der Waals surface area contributed by atoms with Gasteiger partial charge in [0, 0.05) is 12.1 Å². The molecule has 2 N–H and O–H groups in total. The molecule has 2 nitrogen and oxygen atoms in total. The highest BCUT2D eigenvalue weighted by atomic mass is 79.9. The van der Waals surface area contributed by atoms with E-state index in [1.807, 2.05) is 25.1 Å². The van der Waals surface area contributed by atoms with Crippen LogP contribution in [0.3, 0.4) is 0 Å². The van der Waals surface area contributed by atoms with Crippen LogP contribution in [0.1, 0.15) is 11.1 Å². The lowest BCUT2D eigenvalue weighted by Crippen LogP contribution is -2.06. The van der Waals surface area contributed by atoms with Crippen LogP contribution in [0.25, 0.3) is 0 Å². The third kappa shape index (κ3) is 2.84. The first kappa shape index (κ1) is 10.3. The van der Waals surface area contributed by atoms with Gasteiger partial charge in [-0.2, -0.15) is 0 Å². The predicted molar refractivity (Wildman–Crippen MR) is 58.1 cm³/mol. The zero-order valence-electron chi connectivity index (χ0n) is 7.51. The molecule has 0 atom stereocenters. The van der Waals surface area contributed by atoms with E-state index in [1.54, 1.807) is 0 Å². The molecule has 0 heterocycles. The van der Waals surface area contributed by atoms with Crippen molar-refractivity contribution in [1.82, 2.24) is 0 Å². The highest BCUT2D eigenvalue weighted by Crippen LogP contribution is 2.14. The summed E-state index contributed by atoms with van der Waals surface area (Å²) in [5.41, 5.74) is 8.47. The molecule has 70 valence electrons. The van der Waals surface area contributed by atoms with Crippen LogP contribution in [-0.2, 0) is 11.2 Å². The van der Waals surface area contributed by atoms with Gasteiger partial charge in [0.15, 0.2) is 0 Å². The summed E-state index contributed by atoms with van der Waals surface area (Å²) in [6.07, 6.45) is 0.415. The Kier molecular flexibility index (Phi) is 3.48. The van der Waals surface area contributed by atoms with E-state index in [0.717, 1.165) is 11.1 Å². The van der Waals surface area contributed by atoms with Gasteiger partial charge in [-0.1, -0.05) is 33.6 Å². The number of anilines is 1. The van der Waals surface area contributed by atoms with Crippen LogP contribution >= 0.6 is 15.9 Å². The van der Waals surface area contributed by atoms with Gasteiger partial charge in [0.25, 0.3) is 0 Å². The molecule has 0 saturated heterocycles. The monoisotopic (exact) mass is 241 g/mol. The van der Waals surface area contributed by atoms with Crippen molar-refractivity contribution >= 4 is 27.4 Å². The maximum atomic E-state index is 11.1. The van der Waals surface area contributed by atoms with E-state index >= 15 is 0 Å². The van der Waals surface area contributed by atoms with E-state index in [2.05, 4.69) is 15.9 Å². The zero-order chi connectivity index (χ0) is 9.84. The van der Waals surface area contributed by atoms with Crippen LogP contribution in [0, 0.1) is 6.92 Å². The van der Waals surface area contributed by atoms with Crippen LogP contribution in [-0.4, -0.2) is 11.1 Å². The molecule has 0 spiro atoms. The fourth-order valence-electron chi connectivity index (χ4n) is 1.15. The minimum atomic E-state index is 0.150. The number of nitrogens with two attached hydrogens (primary N) is 1. The van der Waals surface area contributed by atoms with E-state index in [0.29, 0.717) is 17.4 Å². The minimum absolute atomic E-state index is 0.150. The van der Waals surface area contributed by atoms with Crippen molar-refractivity contribution in [1.29, 1.82) is 0 Å². The molecule has 3 heteroatoms. The summed E-state index contributed by atoms with van der Waals surface area (Å²) in [7, 11) is 0. The Morgan fingerprint density at radius 3 is 2.85 bits per heavy atom. The molecule has 0 aromatic heterocycles. The smallest absolute Gasteiger partial charge is 0.147 e. The normalized spacial score (nSPS) is 10.0. The van der Waals surface area contributed by atoms with Crippen LogP contribution < -0.4 is 5.73 Å². The maximum absolute atomic E-state index is 11.1. The van der Waals surface area contributed by atoms with Gasteiger partial charge in [-0.15, -0.1) is 0 Å². The highest BCUT2D eigenvalue weighted by molar-refractivity contribution is 9.09. The van der Waals surface area contributed by atoms with Crippen LogP contribution in [0.4, 0.5) is 5.69 Å². The van der Waals surface area contributed by atoms with Gasteiger partial charge in [-0.25, -0.2) is 0 Å². The largest absolute Gasteiger partial charge is 0.398 e. The molecule has 1 aromatic carbocycles. The summed E-state index contributed by atoms with van der Waals surface area (Å²) in [4.78, 5) is 11.1. The van der Waals surface area contributed by atoms with E-state index in [9.17, 15) is 4.79 Å². The molecule has 0 unspecified atom stereocenters. The van der Waals surface area contributed by atoms with Crippen LogP contribution in [0.2, 0.25) is 0 Å². The third-order valence-corrected chi connectivity index (χ3v) is 2.46. The number of hydrogen-bond acceptors (Lipinski definition) is 2. The van der Waals surface area contributed by atoms with Crippen molar-refractivity contribution in [3.8, 4) is 0 Å². The number of benzene rings is 1. The number of alkyl halides is 1. The van der Waals surface area contributed by atoms with Crippen molar-refractivity contribution in [2.45, 2.75) is 13.3 Å². The molecule has 0 fully saturated rings. The minimum Gasteiger partial charge on any atom is -0.398 e. The second-order valence-electron chi connectivity index (χ2n) is 3.05. The molecule has 0 aliphatic carbocycles. The maximum Gasteiger partial charge on any atom is 0.147 e. The number of carbonyl (C=O) groups is 1. The number of hydrogen-bond donors (Lipinski definition) is 1. The first-order valence-electron chi connectivity index (χ1n) is 4.06. The summed E-state index contributed by atoms with van der Waals surface area (Å²) in [6.45, 7) is 1.99. The van der Waals surface area contributed by atoms with Gasteiger partial charge in [0.05, 0.1) is 5.33 Å². The number of aryl methyl sites for hydroxylation is 1. The second kappa shape index (κ2) is 4.42. The van der Waals surface area contributed by atoms with Gasteiger partial charge in [0.2, 0.25) is 0 Å². The van der Waals surface area contributed by atoms with Gasteiger partial charge < -0.3 is 5.73 Å². The highest BCUT2D eigenvalue weighted by Gasteiger charge is 2.04. The Bertz CT molecular complexity index is 323. The lowest BCUT2D eigenvalue weighted by Gasteiger charge is -2.04. The summed E-state index contributed by atoms with van der Waals surface area (Å²) in [5, 5.41) is 0.389. The van der Waals surface area contributed by atoms with Gasteiger partial charge in [0.1, 0.15) is 5.78 Å². The molecular weight excluding hydrogens is 230 g/mol. The first-order valence-corrected chi connectivity index (χ1v) is 5.18. The fraction of sp³-hybridized carbons (Fsp3) is 0.300. The number of ketones is 1. The molecule has 1 aromatic rings. The van der Waals surface area contributed by atoms with Gasteiger partial charge in [-0.05, 0) is 18.6 Å². The predicted octanol–water partition coefficient (Wildman–Crippen LogP) is 2.08. The number of Topliss-reactive ketones (excluding diaryl/α,β-unsaturated/α-hetero) is 1. The number of nitrogen functional groups attached to an aromatic ring is 1. The molecule has 0 aliphatic rings. The number of rotatable bonds is 3. The van der Waals surface area contributed by atoms with E-state index in [-0.39, 0.29) is 5.78 Å². The number of carbonyl (C=O) groups excluding carboxylic acids is 1. The fourth-order valence-corrected chi connectivity index (χ4v) is 1.35. The van der Waals surface area contributed by atoms with Crippen molar-refractivity contribution in [3.63, 3.8) is 0 Å². The standard InChI is InChI=1S/C10H12BrNO/c1-7-2-3-10(12)8(4-7)5-9(13)6-11/h2-4H,5-6,12H2,1H3. The first-order chi connectivity index (χ1) is 6.13. The lowest BCUT2D eigenvalue weighted by molar-refractivity contribution is -0.115. The van der Waals surface area contributed by atoms with E-state index in [1.165, 1.54) is 0 Å². The summed E-state index contributed by atoms with van der Waals surface area (Å²) in [5.74, 6) is 0.150.